The number of hydrogen-bond acceptors (Lipinski definition) is 2. The van der Waals surface area contributed by atoms with E-state index in [2.05, 4.69) is 15.9 Å². The largest absolute Gasteiger partial charge is 0.392 e. The monoisotopic (exact) mass is 374 g/mol. The fraction of sp³-hybridized carbons (Fsp3) is 0.200. The summed E-state index contributed by atoms with van der Waals surface area (Å²) in [4.78, 5) is 1.05. The van der Waals surface area contributed by atoms with E-state index in [0.29, 0.717) is 11.3 Å². The van der Waals surface area contributed by atoms with E-state index in [1.54, 1.807) is 12.1 Å². The maximum atomic E-state index is 13.7. The molecule has 0 aliphatic rings. The van der Waals surface area contributed by atoms with Crippen molar-refractivity contribution in [2.75, 3.05) is 5.75 Å². The summed E-state index contributed by atoms with van der Waals surface area (Å²) in [5.74, 6) is 0.0493. The van der Waals surface area contributed by atoms with Crippen molar-refractivity contribution >= 4 is 39.3 Å². The zero-order valence-electron chi connectivity index (χ0n) is 10.5. The number of halogens is 3. The van der Waals surface area contributed by atoms with E-state index in [1.807, 2.05) is 24.3 Å². The zero-order valence-corrected chi connectivity index (χ0v) is 13.7. The number of aliphatic hydroxyl groups excluding tert-OH is 1. The van der Waals surface area contributed by atoms with Crippen LogP contribution in [0.2, 0.25) is 5.02 Å². The van der Waals surface area contributed by atoms with Crippen LogP contribution in [0.15, 0.2) is 51.8 Å². The second-order valence-corrected chi connectivity index (χ2v) is 6.64. The van der Waals surface area contributed by atoms with Crippen LogP contribution >= 0.6 is 39.3 Å². The summed E-state index contributed by atoms with van der Waals surface area (Å²) in [7, 11) is 0. The van der Waals surface area contributed by atoms with Crippen LogP contribution in [0.3, 0.4) is 0 Å². The van der Waals surface area contributed by atoms with Crippen LogP contribution in [0.5, 0.6) is 0 Å². The van der Waals surface area contributed by atoms with Gasteiger partial charge in [-0.15, -0.1) is 11.8 Å². The summed E-state index contributed by atoms with van der Waals surface area (Å²) < 4.78 is 14.7. The molecule has 0 saturated carbocycles. The summed E-state index contributed by atoms with van der Waals surface area (Å²) in [6, 6.07) is 12.6. The number of benzene rings is 2. The van der Waals surface area contributed by atoms with E-state index in [4.69, 9.17) is 11.6 Å². The quantitative estimate of drug-likeness (QED) is 0.747. The maximum Gasteiger partial charge on any atom is 0.145 e. The fourth-order valence-electron chi connectivity index (χ4n) is 1.77. The molecule has 0 amide bonds. The van der Waals surface area contributed by atoms with Gasteiger partial charge in [-0.05, 0) is 39.7 Å². The van der Waals surface area contributed by atoms with E-state index in [-0.39, 0.29) is 11.4 Å². The molecule has 0 aromatic heterocycles. The van der Waals surface area contributed by atoms with Crippen molar-refractivity contribution in [1.29, 1.82) is 0 Å². The van der Waals surface area contributed by atoms with E-state index < -0.39 is 11.9 Å². The Morgan fingerprint density at radius 1 is 1.20 bits per heavy atom. The van der Waals surface area contributed by atoms with Gasteiger partial charge in [0.25, 0.3) is 0 Å². The molecule has 0 radical (unpaired) electrons. The van der Waals surface area contributed by atoms with Crippen LogP contribution in [0.25, 0.3) is 0 Å². The van der Waals surface area contributed by atoms with E-state index in [1.165, 1.54) is 17.8 Å². The molecule has 1 atom stereocenters. The summed E-state index contributed by atoms with van der Waals surface area (Å²) in [6.45, 7) is 0. The number of thioether (sulfide) groups is 1. The van der Waals surface area contributed by atoms with Crippen LogP contribution < -0.4 is 0 Å². The number of rotatable bonds is 5. The van der Waals surface area contributed by atoms with Crippen molar-refractivity contribution in [3.8, 4) is 0 Å². The summed E-state index contributed by atoms with van der Waals surface area (Å²) in [5.41, 5.74) is 0.442. The minimum atomic E-state index is -0.625. The van der Waals surface area contributed by atoms with Crippen molar-refractivity contribution in [3.63, 3.8) is 0 Å². The van der Waals surface area contributed by atoms with Gasteiger partial charge < -0.3 is 5.11 Å². The lowest BCUT2D eigenvalue weighted by atomic mass is 10.1. The Morgan fingerprint density at radius 2 is 1.95 bits per heavy atom. The number of aliphatic hydroxyl groups is 1. The summed E-state index contributed by atoms with van der Waals surface area (Å²) >= 11 is 10.7. The molecule has 5 heteroatoms. The lowest BCUT2D eigenvalue weighted by molar-refractivity contribution is 0.198. The Kier molecular flexibility index (Phi) is 5.90. The molecule has 0 fully saturated rings. The van der Waals surface area contributed by atoms with Crippen LogP contribution in [0, 0.1) is 5.82 Å². The molecule has 0 aliphatic carbocycles. The highest BCUT2D eigenvalue weighted by Gasteiger charge is 2.12. The predicted octanol–water partition coefficient (Wildman–Crippen LogP) is 4.94. The smallest absolute Gasteiger partial charge is 0.145 e. The third kappa shape index (κ3) is 4.22. The maximum absolute atomic E-state index is 13.7. The number of hydrogen-bond donors (Lipinski definition) is 1. The highest BCUT2D eigenvalue weighted by atomic mass is 79.9. The van der Waals surface area contributed by atoms with Gasteiger partial charge in [0.2, 0.25) is 0 Å². The molecule has 0 saturated heterocycles. The van der Waals surface area contributed by atoms with E-state index in [9.17, 15) is 9.50 Å². The predicted molar refractivity (Wildman–Crippen MR) is 86.0 cm³/mol. The SMILES string of the molecule is OC(CSc1ccccc1Br)Cc1cccc(Cl)c1F. The lowest BCUT2D eigenvalue weighted by Crippen LogP contribution is -2.14. The molecule has 1 unspecified atom stereocenters. The minimum absolute atomic E-state index is 0.0909. The molecule has 0 aliphatic heterocycles. The van der Waals surface area contributed by atoms with Crippen molar-refractivity contribution in [2.45, 2.75) is 17.4 Å². The molecule has 1 N–H and O–H groups in total. The van der Waals surface area contributed by atoms with Gasteiger partial charge >= 0.3 is 0 Å². The first-order chi connectivity index (χ1) is 9.58. The molecule has 0 bridgehead atoms. The molecule has 20 heavy (non-hydrogen) atoms. The molecule has 0 heterocycles. The van der Waals surface area contributed by atoms with E-state index in [0.717, 1.165) is 9.37 Å². The van der Waals surface area contributed by atoms with Crippen molar-refractivity contribution < 1.29 is 9.50 Å². The van der Waals surface area contributed by atoms with Gasteiger partial charge in [-0.2, -0.15) is 0 Å². The Hall–Kier alpha value is -0.550. The molecule has 106 valence electrons. The van der Waals surface area contributed by atoms with Gasteiger partial charge in [-0.25, -0.2) is 4.39 Å². The average molecular weight is 376 g/mol. The minimum Gasteiger partial charge on any atom is -0.392 e. The normalized spacial score (nSPS) is 12.4. The van der Waals surface area contributed by atoms with Gasteiger partial charge in [-0.1, -0.05) is 35.9 Å². The topological polar surface area (TPSA) is 20.2 Å². The fourth-order valence-corrected chi connectivity index (χ4v) is 3.46. The molecular weight excluding hydrogens is 363 g/mol. The van der Waals surface area contributed by atoms with Crippen molar-refractivity contribution in [2.24, 2.45) is 0 Å². The highest BCUT2D eigenvalue weighted by Crippen LogP contribution is 2.28. The van der Waals surface area contributed by atoms with Crippen molar-refractivity contribution in [1.82, 2.24) is 0 Å². The molecule has 1 nitrogen and oxygen atoms in total. The Morgan fingerprint density at radius 3 is 2.70 bits per heavy atom. The third-order valence-corrected chi connectivity index (χ3v) is 5.22. The van der Waals surface area contributed by atoms with Gasteiger partial charge in [0.15, 0.2) is 0 Å². The molecular formula is C15H13BrClFOS. The molecule has 2 rings (SSSR count). The standard InChI is InChI=1S/C15H13BrClFOS/c16-12-5-1-2-7-14(12)20-9-11(19)8-10-4-3-6-13(17)15(10)18/h1-7,11,19H,8-9H2. The first-order valence-corrected chi connectivity index (χ1v) is 8.22. The summed E-state index contributed by atoms with van der Waals surface area (Å²) in [6.07, 6.45) is -0.371. The first-order valence-electron chi connectivity index (χ1n) is 6.06. The van der Waals surface area contributed by atoms with E-state index >= 15 is 0 Å². The van der Waals surface area contributed by atoms with Gasteiger partial charge in [0, 0.05) is 21.5 Å². The zero-order chi connectivity index (χ0) is 14.5. The molecule has 2 aromatic carbocycles. The van der Waals surface area contributed by atoms with Gasteiger partial charge in [-0.3, -0.25) is 0 Å². The second kappa shape index (κ2) is 7.46. The molecule has 0 spiro atoms. The Labute approximate surface area is 135 Å². The average Bonchev–Trinajstić information content (AvgIpc) is 2.43. The van der Waals surface area contributed by atoms with Crippen LogP contribution in [-0.4, -0.2) is 17.0 Å². The third-order valence-electron chi connectivity index (χ3n) is 2.75. The second-order valence-electron chi connectivity index (χ2n) is 4.31. The summed E-state index contributed by atoms with van der Waals surface area (Å²) in [5, 5.41) is 10.1. The van der Waals surface area contributed by atoms with Crippen LogP contribution in [0.1, 0.15) is 5.56 Å². The van der Waals surface area contributed by atoms with Crippen molar-refractivity contribution in [3.05, 3.63) is 63.3 Å². The molecule has 2 aromatic rings. The van der Waals surface area contributed by atoms with Crippen LogP contribution in [0.4, 0.5) is 4.39 Å². The van der Waals surface area contributed by atoms with Gasteiger partial charge in [0.1, 0.15) is 5.82 Å². The Balaban J connectivity index is 1.94. The Bertz CT molecular complexity index is 594. The van der Waals surface area contributed by atoms with Crippen LogP contribution in [-0.2, 0) is 6.42 Å². The lowest BCUT2D eigenvalue weighted by Gasteiger charge is -2.12. The first kappa shape index (κ1) is 15.8. The highest BCUT2D eigenvalue weighted by molar-refractivity contribution is 9.10. The van der Waals surface area contributed by atoms with Gasteiger partial charge in [0.05, 0.1) is 11.1 Å².